The molecule has 0 saturated carbocycles. The van der Waals surface area contributed by atoms with Gasteiger partial charge in [-0.05, 0) is 31.2 Å². The Labute approximate surface area is 96.4 Å². The van der Waals surface area contributed by atoms with Crippen LogP contribution in [0.5, 0.6) is 5.75 Å². The van der Waals surface area contributed by atoms with Gasteiger partial charge >= 0.3 is 12.1 Å². The zero-order valence-electron chi connectivity index (χ0n) is 8.94. The predicted molar refractivity (Wildman–Crippen MR) is 53.4 cm³/mol. The largest absolute Gasteiger partial charge is 0.502 e. The smallest absolute Gasteiger partial charge is 0.459 e. The second-order valence-electron chi connectivity index (χ2n) is 2.98. The maximum atomic E-state index is 13.1. The summed E-state index contributed by atoms with van der Waals surface area (Å²) in [5.74, 6) is -1.97. The molecule has 0 aromatic heterocycles. The molecule has 6 heteroatoms. The number of carbonyl (C=O) groups is 1. The molecule has 1 aromatic rings. The molecule has 0 aliphatic rings. The molecule has 0 fully saturated rings. The van der Waals surface area contributed by atoms with Gasteiger partial charge in [-0.3, -0.25) is 0 Å². The number of nitriles is 1. The topological polar surface area (TPSA) is 59.3 Å². The molecule has 0 heterocycles. The minimum absolute atomic E-state index is 0.162. The normalized spacial score (nSPS) is 10.5. The highest BCUT2D eigenvalue weighted by Gasteiger charge is 2.44. The van der Waals surface area contributed by atoms with Crippen molar-refractivity contribution in [3.63, 3.8) is 0 Å². The lowest BCUT2D eigenvalue weighted by Crippen LogP contribution is -2.36. The first-order chi connectivity index (χ1) is 7.99. The summed E-state index contributed by atoms with van der Waals surface area (Å²) in [7, 11) is 0. The molecule has 0 atom stereocenters. The van der Waals surface area contributed by atoms with E-state index in [0.717, 1.165) is 0 Å². The van der Waals surface area contributed by atoms with Crippen LogP contribution in [-0.4, -0.2) is 18.7 Å². The van der Waals surface area contributed by atoms with E-state index in [0.29, 0.717) is 5.56 Å². The zero-order valence-corrected chi connectivity index (χ0v) is 8.94. The summed E-state index contributed by atoms with van der Waals surface area (Å²) >= 11 is 0. The van der Waals surface area contributed by atoms with Gasteiger partial charge in [-0.25, -0.2) is 4.79 Å². The van der Waals surface area contributed by atoms with Crippen LogP contribution in [0.1, 0.15) is 12.5 Å². The summed E-state index contributed by atoms with van der Waals surface area (Å²) in [4.78, 5) is 10.8. The second kappa shape index (κ2) is 5.25. The summed E-state index contributed by atoms with van der Waals surface area (Å²) in [5.41, 5.74) is 0.303. The van der Waals surface area contributed by atoms with Crippen LogP contribution < -0.4 is 4.74 Å². The van der Waals surface area contributed by atoms with Crippen LogP contribution in [-0.2, 0) is 9.53 Å². The third-order valence-electron chi connectivity index (χ3n) is 1.74. The van der Waals surface area contributed by atoms with Crippen LogP contribution in [0.15, 0.2) is 24.3 Å². The molecule has 0 saturated heterocycles. The predicted octanol–water partition coefficient (Wildman–Crippen LogP) is 2.09. The van der Waals surface area contributed by atoms with E-state index in [1.807, 2.05) is 6.07 Å². The molecule has 0 unspecified atom stereocenters. The Bertz CT molecular complexity index is 437. The van der Waals surface area contributed by atoms with Crippen molar-refractivity contribution in [1.29, 1.82) is 5.26 Å². The van der Waals surface area contributed by atoms with Crippen molar-refractivity contribution < 1.29 is 23.0 Å². The fourth-order valence-corrected chi connectivity index (χ4v) is 1.00. The number of ether oxygens (including phenoxy) is 2. The van der Waals surface area contributed by atoms with Crippen LogP contribution in [0.25, 0.3) is 0 Å². The van der Waals surface area contributed by atoms with Crippen LogP contribution in [0.2, 0.25) is 0 Å². The highest BCUT2D eigenvalue weighted by atomic mass is 19.3. The molecule has 1 rings (SSSR count). The third kappa shape index (κ3) is 3.41. The van der Waals surface area contributed by atoms with Crippen molar-refractivity contribution in [2.45, 2.75) is 13.0 Å². The van der Waals surface area contributed by atoms with E-state index >= 15 is 0 Å². The maximum absolute atomic E-state index is 13.1. The molecule has 90 valence electrons. The lowest BCUT2D eigenvalue weighted by molar-refractivity contribution is -0.216. The summed E-state index contributed by atoms with van der Waals surface area (Å²) in [5, 5.41) is 8.51. The number of rotatable bonds is 4. The van der Waals surface area contributed by atoms with Gasteiger partial charge in [-0.2, -0.15) is 14.0 Å². The van der Waals surface area contributed by atoms with E-state index in [1.54, 1.807) is 0 Å². The molecule has 17 heavy (non-hydrogen) atoms. The van der Waals surface area contributed by atoms with Gasteiger partial charge in [0.25, 0.3) is 0 Å². The van der Waals surface area contributed by atoms with Crippen molar-refractivity contribution in [2.24, 2.45) is 0 Å². The molecular formula is C11H9F2NO3. The van der Waals surface area contributed by atoms with Crippen LogP contribution in [0, 0.1) is 11.3 Å². The van der Waals surface area contributed by atoms with Gasteiger partial charge in [0.1, 0.15) is 5.75 Å². The Morgan fingerprint density at radius 3 is 2.47 bits per heavy atom. The molecule has 0 aliphatic heterocycles. The van der Waals surface area contributed by atoms with E-state index in [2.05, 4.69) is 9.47 Å². The van der Waals surface area contributed by atoms with Gasteiger partial charge in [0, 0.05) is 0 Å². The Hall–Kier alpha value is -2.16. The van der Waals surface area contributed by atoms with E-state index in [9.17, 15) is 13.6 Å². The van der Waals surface area contributed by atoms with Crippen molar-refractivity contribution >= 4 is 5.97 Å². The van der Waals surface area contributed by atoms with Gasteiger partial charge in [0.05, 0.1) is 18.2 Å². The lowest BCUT2D eigenvalue weighted by Gasteiger charge is -2.15. The first-order valence-corrected chi connectivity index (χ1v) is 4.74. The molecule has 0 spiro atoms. The number of hydrogen-bond donors (Lipinski definition) is 0. The number of halogens is 2. The molecule has 4 nitrogen and oxygen atoms in total. The molecule has 0 bridgehead atoms. The second-order valence-corrected chi connectivity index (χ2v) is 2.98. The summed E-state index contributed by atoms with van der Waals surface area (Å²) in [6.45, 7) is 1.25. The van der Waals surface area contributed by atoms with Gasteiger partial charge in [-0.1, -0.05) is 0 Å². The zero-order chi connectivity index (χ0) is 12.9. The van der Waals surface area contributed by atoms with Gasteiger partial charge in [-0.15, -0.1) is 0 Å². The van der Waals surface area contributed by atoms with Gasteiger partial charge in [0.15, 0.2) is 0 Å². The fraction of sp³-hybridized carbons (Fsp3) is 0.273. The van der Waals surface area contributed by atoms with E-state index in [-0.39, 0.29) is 12.4 Å². The number of carbonyl (C=O) groups excluding carboxylic acids is 1. The Balaban J connectivity index is 2.76. The van der Waals surface area contributed by atoms with Gasteiger partial charge < -0.3 is 9.47 Å². The quantitative estimate of drug-likeness (QED) is 0.757. The van der Waals surface area contributed by atoms with E-state index < -0.39 is 12.1 Å². The Kier molecular flexibility index (Phi) is 3.99. The Morgan fingerprint density at radius 1 is 1.41 bits per heavy atom. The summed E-state index contributed by atoms with van der Waals surface area (Å²) in [6, 6.07) is 6.77. The average Bonchev–Trinajstić information content (AvgIpc) is 2.30. The monoisotopic (exact) mass is 241 g/mol. The summed E-state index contributed by atoms with van der Waals surface area (Å²) in [6.07, 6.45) is -4.04. The lowest BCUT2D eigenvalue weighted by atomic mass is 10.2. The minimum atomic E-state index is -4.04. The number of alkyl halides is 2. The number of esters is 1. The van der Waals surface area contributed by atoms with Gasteiger partial charge in [0.2, 0.25) is 0 Å². The number of nitrogens with zero attached hydrogens (tertiary/aromatic N) is 1. The fourth-order valence-electron chi connectivity index (χ4n) is 1.00. The number of hydrogen-bond acceptors (Lipinski definition) is 4. The first kappa shape index (κ1) is 12.9. The van der Waals surface area contributed by atoms with Crippen LogP contribution in [0.3, 0.4) is 0 Å². The molecular weight excluding hydrogens is 232 g/mol. The minimum Gasteiger partial charge on any atom is -0.459 e. The number of benzene rings is 1. The Morgan fingerprint density at radius 2 is 2.00 bits per heavy atom. The van der Waals surface area contributed by atoms with Crippen LogP contribution in [0.4, 0.5) is 8.78 Å². The van der Waals surface area contributed by atoms with Crippen molar-refractivity contribution in [3.8, 4) is 11.8 Å². The van der Waals surface area contributed by atoms with E-state index in [1.165, 1.54) is 31.2 Å². The molecule has 0 radical (unpaired) electrons. The standard InChI is InChI=1S/C11H9F2NO3/c1-2-16-10(15)11(12,13)17-9-5-3-8(7-14)4-6-9/h3-6H,2H2,1H3. The highest BCUT2D eigenvalue weighted by molar-refractivity contribution is 5.76. The SMILES string of the molecule is CCOC(=O)C(F)(F)Oc1ccc(C#N)cc1. The highest BCUT2D eigenvalue weighted by Crippen LogP contribution is 2.23. The molecule has 0 N–H and O–H groups in total. The molecule has 0 amide bonds. The molecule has 1 aromatic carbocycles. The van der Waals surface area contributed by atoms with Crippen LogP contribution >= 0.6 is 0 Å². The maximum Gasteiger partial charge on any atom is 0.502 e. The first-order valence-electron chi connectivity index (χ1n) is 4.74. The van der Waals surface area contributed by atoms with Crippen molar-refractivity contribution in [3.05, 3.63) is 29.8 Å². The van der Waals surface area contributed by atoms with Crippen molar-refractivity contribution in [1.82, 2.24) is 0 Å². The summed E-state index contributed by atoms with van der Waals surface area (Å²) < 4.78 is 34.6. The third-order valence-corrected chi connectivity index (χ3v) is 1.74. The van der Waals surface area contributed by atoms with Crippen molar-refractivity contribution in [2.75, 3.05) is 6.61 Å². The molecule has 0 aliphatic carbocycles. The van der Waals surface area contributed by atoms with E-state index in [4.69, 9.17) is 5.26 Å². The average molecular weight is 241 g/mol.